The second-order valence-electron chi connectivity index (χ2n) is 7.58. The van der Waals surface area contributed by atoms with Gasteiger partial charge >= 0.3 is 0 Å². The predicted octanol–water partition coefficient (Wildman–Crippen LogP) is 4.17. The average Bonchev–Trinajstić information content (AvgIpc) is 3.02. The van der Waals surface area contributed by atoms with Gasteiger partial charge < -0.3 is 19.8 Å². The number of ether oxygens (including phenoxy) is 2. The van der Waals surface area contributed by atoms with Gasteiger partial charge in [-0.2, -0.15) is 0 Å². The van der Waals surface area contributed by atoms with Gasteiger partial charge in [0.05, 0.1) is 36.7 Å². The van der Waals surface area contributed by atoms with Crippen LogP contribution >= 0.6 is 0 Å². The fourth-order valence-corrected chi connectivity index (χ4v) is 3.56. The van der Waals surface area contributed by atoms with Crippen LogP contribution in [0.1, 0.15) is 44.1 Å². The average molecular weight is 393 g/mol. The number of H-pyrrole nitrogens is 1. The summed E-state index contributed by atoms with van der Waals surface area (Å²) in [5, 5.41) is 3.18. The van der Waals surface area contributed by atoms with Crippen LogP contribution in [0.5, 0.6) is 11.5 Å². The van der Waals surface area contributed by atoms with E-state index in [1.165, 1.54) is 0 Å². The van der Waals surface area contributed by atoms with Crippen LogP contribution in [0.4, 0.5) is 0 Å². The fraction of sp³-hybridized carbons (Fsp3) is 0.391. The summed E-state index contributed by atoms with van der Waals surface area (Å²) in [4.78, 5) is 20.9. The molecule has 6 heteroatoms. The van der Waals surface area contributed by atoms with Gasteiger partial charge in [0.15, 0.2) is 11.5 Å². The molecule has 1 aromatic heterocycles. The van der Waals surface area contributed by atoms with E-state index in [1.807, 2.05) is 42.5 Å². The van der Waals surface area contributed by atoms with Crippen molar-refractivity contribution in [1.29, 1.82) is 0 Å². The zero-order chi connectivity index (χ0) is 20.2. The van der Waals surface area contributed by atoms with Crippen LogP contribution in [0.25, 0.3) is 11.0 Å². The molecule has 2 atom stereocenters. The zero-order valence-electron chi connectivity index (χ0n) is 16.9. The number of hydrogen-bond donors (Lipinski definition) is 2. The molecule has 3 aromatic rings. The molecular formula is C23H27N3O3. The number of fused-ring (bicyclic) bond motifs is 2. The van der Waals surface area contributed by atoms with Crippen molar-refractivity contribution in [2.75, 3.05) is 13.2 Å². The molecule has 0 saturated carbocycles. The number of rotatable bonds is 6. The molecule has 1 aliphatic rings. The van der Waals surface area contributed by atoms with E-state index in [9.17, 15) is 4.79 Å². The lowest BCUT2D eigenvalue weighted by Gasteiger charge is -2.22. The number of carbonyl (C=O) groups is 1. The normalized spacial score (nSPS) is 15.5. The lowest BCUT2D eigenvalue weighted by Crippen LogP contribution is -2.34. The van der Waals surface area contributed by atoms with Crippen molar-refractivity contribution in [3.05, 3.63) is 53.9 Å². The zero-order valence-corrected chi connectivity index (χ0v) is 16.9. The molecule has 2 heterocycles. The lowest BCUT2D eigenvalue weighted by atomic mass is 9.98. The summed E-state index contributed by atoms with van der Waals surface area (Å²) in [5.41, 5.74) is 2.79. The van der Waals surface area contributed by atoms with E-state index >= 15 is 0 Å². The van der Waals surface area contributed by atoms with Crippen LogP contribution < -0.4 is 14.8 Å². The standard InChI is InChI=1S/C23H27N3O3/c1-3-15(2)22(23-24-17-7-4-5-8-18(17)25-23)26-21(27)14-16-9-10-19-20(13-16)29-12-6-11-28-19/h4-5,7-10,13,15,22H,3,6,11-12,14H2,1-2H3,(H,24,25)(H,26,27)/t15-,22-/m0/s1. The van der Waals surface area contributed by atoms with Gasteiger partial charge in [-0.3, -0.25) is 4.79 Å². The van der Waals surface area contributed by atoms with E-state index in [4.69, 9.17) is 14.5 Å². The number of hydrogen-bond acceptors (Lipinski definition) is 4. The summed E-state index contributed by atoms with van der Waals surface area (Å²) < 4.78 is 11.4. The SMILES string of the molecule is CC[C@H](C)[C@H](NC(=O)Cc1ccc2c(c1)OCCCO2)c1nc2ccccc2[nH]1. The van der Waals surface area contributed by atoms with Crippen molar-refractivity contribution in [3.8, 4) is 11.5 Å². The number of aromatic nitrogens is 2. The Morgan fingerprint density at radius 1 is 1.17 bits per heavy atom. The first-order chi connectivity index (χ1) is 14.1. The Balaban J connectivity index is 1.50. The first kappa shape index (κ1) is 19.3. The Labute approximate surface area is 170 Å². The molecule has 4 rings (SSSR count). The first-order valence-corrected chi connectivity index (χ1v) is 10.3. The highest BCUT2D eigenvalue weighted by atomic mass is 16.5. The Bertz CT molecular complexity index is 965. The Morgan fingerprint density at radius 2 is 1.97 bits per heavy atom. The summed E-state index contributed by atoms with van der Waals surface area (Å²) in [6, 6.07) is 13.5. The minimum atomic E-state index is -0.166. The maximum atomic E-state index is 12.8. The predicted molar refractivity (Wildman–Crippen MR) is 112 cm³/mol. The first-order valence-electron chi connectivity index (χ1n) is 10.3. The van der Waals surface area contributed by atoms with E-state index in [0.29, 0.717) is 19.0 Å². The number of para-hydroxylation sites is 2. The molecule has 29 heavy (non-hydrogen) atoms. The molecule has 152 valence electrons. The Morgan fingerprint density at radius 3 is 2.76 bits per heavy atom. The Kier molecular flexibility index (Phi) is 5.69. The monoisotopic (exact) mass is 393 g/mol. The maximum absolute atomic E-state index is 12.8. The highest BCUT2D eigenvalue weighted by Crippen LogP contribution is 2.31. The minimum absolute atomic E-state index is 0.0368. The molecule has 0 radical (unpaired) electrons. The third kappa shape index (κ3) is 4.36. The molecule has 6 nitrogen and oxygen atoms in total. The van der Waals surface area contributed by atoms with Crippen LogP contribution in [0.2, 0.25) is 0 Å². The molecule has 0 saturated heterocycles. The molecular weight excluding hydrogens is 366 g/mol. The highest BCUT2D eigenvalue weighted by molar-refractivity contribution is 5.80. The van der Waals surface area contributed by atoms with Crippen molar-refractivity contribution >= 4 is 16.9 Å². The number of aromatic amines is 1. The fourth-order valence-electron chi connectivity index (χ4n) is 3.56. The molecule has 1 amide bonds. The smallest absolute Gasteiger partial charge is 0.225 e. The quantitative estimate of drug-likeness (QED) is 0.659. The second-order valence-corrected chi connectivity index (χ2v) is 7.58. The Hall–Kier alpha value is -3.02. The number of nitrogens with zero attached hydrogens (tertiary/aromatic N) is 1. The lowest BCUT2D eigenvalue weighted by molar-refractivity contribution is -0.121. The second kappa shape index (κ2) is 8.55. The van der Waals surface area contributed by atoms with Gasteiger partial charge in [-0.15, -0.1) is 0 Å². The van der Waals surface area contributed by atoms with Gasteiger partial charge in [-0.1, -0.05) is 38.5 Å². The van der Waals surface area contributed by atoms with Gasteiger partial charge in [0.25, 0.3) is 0 Å². The van der Waals surface area contributed by atoms with Crippen molar-refractivity contribution in [2.24, 2.45) is 5.92 Å². The van der Waals surface area contributed by atoms with Gasteiger partial charge in [0.2, 0.25) is 5.91 Å². The van der Waals surface area contributed by atoms with E-state index in [-0.39, 0.29) is 24.3 Å². The topological polar surface area (TPSA) is 76.2 Å². The minimum Gasteiger partial charge on any atom is -0.490 e. The molecule has 1 aliphatic heterocycles. The maximum Gasteiger partial charge on any atom is 0.225 e. The summed E-state index contributed by atoms with van der Waals surface area (Å²) in [5.74, 6) is 2.47. The molecule has 0 bridgehead atoms. The molecule has 0 aliphatic carbocycles. The van der Waals surface area contributed by atoms with Gasteiger partial charge in [-0.25, -0.2) is 4.98 Å². The van der Waals surface area contributed by atoms with E-state index in [1.54, 1.807) is 0 Å². The van der Waals surface area contributed by atoms with E-state index in [0.717, 1.165) is 41.0 Å². The van der Waals surface area contributed by atoms with Crippen LogP contribution in [0, 0.1) is 5.92 Å². The molecule has 2 aromatic carbocycles. The third-order valence-electron chi connectivity index (χ3n) is 5.41. The summed E-state index contributed by atoms with van der Waals surface area (Å²) >= 11 is 0. The molecule has 0 fully saturated rings. The van der Waals surface area contributed by atoms with Crippen molar-refractivity contribution in [2.45, 2.75) is 39.2 Å². The summed E-state index contributed by atoms with van der Waals surface area (Å²) in [6.07, 6.45) is 2.08. The van der Waals surface area contributed by atoms with Gasteiger partial charge in [0.1, 0.15) is 5.82 Å². The van der Waals surface area contributed by atoms with Crippen LogP contribution in [-0.4, -0.2) is 29.1 Å². The molecule has 0 spiro atoms. The number of benzene rings is 2. The summed E-state index contributed by atoms with van der Waals surface area (Å²) in [7, 11) is 0. The van der Waals surface area contributed by atoms with Crippen LogP contribution in [0.3, 0.4) is 0 Å². The van der Waals surface area contributed by atoms with Crippen molar-refractivity contribution < 1.29 is 14.3 Å². The molecule has 2 N–H and O–H groups in total. The van der Waals surface area contributed by atoms with E-state index in [2.05, 4.69) is 24.1 Å². The van der Waals surface area contributed by atoms with Gasteiger partial charge in [-0.05, 0) is 35.7 Å². The molecule has 0 unspecified atom stereocenters. The van der Waals surface area contributed by atoms with Crippen LogP contribution in [0.15, 0.2) is 42.5 Å². The number of imidazole rings is 1. The largest absolute Gasteiger partial charge is 0.490 e. The number of carbonyl (C=O) groups excluding carboxylic acids is 1. The highest BCUT2D eigenvalue weighted by Gasteiger charge is 2.24. The summed E-state index contributed by atoms with van der Waals surface area (Å²) in [6.45, 7) is 5.54. The van der Waals surface area contributed by atoms with Crippen molar-refractivity contribution in [1.82, 2.24) is 15.3 Å². The number of nitrogens with one attached hydrogen (secondary N) is 2. The number of amides is 1. The van der Waals surface area contributed by atoms with Crippen molar-refractivity contribution in [3.63, 3.8) is 0 Å². The van der Waals surface area contributed by atoms with Gasteiger partial charge in [0, 0.05) is 6.42 Å². The van der Waals surface area contributed by atoms with Crippen LogP contribution in [-0.2, 0) is 11.2 Å². The van der Waals surface area contributed by atoms with E-state index < -0.39 is 0 Å². The third-order valence-corrected chi connectivity index (χ3v) is 5.41.